The molecule has 0 spiro atoms. The predicted octanol–water partition coefficient (Wildman–Crippen LogP) is 2.57. The van der Waals surface area contributed by atoms with Crippen LogP contribution in [0.5, 0.6) is 0 Å². The largest absolute Gasteiger partial charge is 0.303 e. The van der Waals surface area contributed by atoms with Gasteiger partial charge in [-0.2, -0.15) is 0 Å². The molecule has 0 aliphatic heterocycles. The van der Waals surface area contributed by atoms with Crippen molar-refractivity contribution in [1.82, 2.24) is 0 Å². The Kier molecular flexibility index (Phi) is 1.64. The summed E-state index contributed by atoms with van der Waals surface area (Å²) in [4.78, 5) is 10.5. The molecule has 0 saturated heterocycles. The Morgan fingerprint density at radius 1 is 1.67 bits per heavy atom. The van der Waals surface area contributed by atoms with Crippen molar-refractivity contribution in [3.63, 3.8) is 0 Å². The fraction of sp³-hybridized carbons (Fsp3) is 0.727. The summed E-state index contributed by atoms with van der Waals surface area (Å²) in [5.74, 6) is 1.49. The Hall–Kier alpha value is -0.590. The fourth-order valence-corrected chi connectivity index (χ4v) is 3.08. The molecule has 2 rings (SSSR count). The topological polar surface area (TPSA) is 17.1 Å². The lowest BCUT2D eigenvalue weighted by molar-refractivity contribution is -0.109. The standard InChI is InChI=1S/C11H16O/c1-8-9-3-4-10(7-9)11(8,2)5-6-12/h6,9-10H,1,3-5,7H2,2H3/t9-,10+,11-/m0/s1. The highest BCUT2D eigenvalue weighted by atomic mass is 16.1. The molecule has 0 heterocycles. The molecule has 0 N–H and O–H groups in total. The van der Waals surface area contributed by atoms with E-state index in [0.717, 1.165) is 18.1 Å². The first-order valence-corrected chi connectivity index (χ1v) is 4.81. The molecule has 1 nitrogen and oxygen atoms in total. The first-order chi connectivity index (χ1) is 5.68. The second kappa shape index (κ2) is 2.45. The molecule has 0 unspecified atom stereocenters. The van der Waals surface area contributed by atoms with Gasteiger partial charge in [0.1, 0.15) is 6.29 Å². The van der Waals surface area contributed by atoms with Crippen molar-refractivity contribution in [2.45, 2.75) is 32.6 Å². The van der Waals surface area contributed by atoms with Gasteiger partial charge in [-0.15, -0.1) is 0 Å². The third-order valence-corrected chi connectivity index (χ3v) is 4.07. The third kappa shape index (κ3) is 0.825. The van der Waals surface area contributed by atoms with Crippen LogP contribution in [0.3, 0.4) is 0 Å². The number of hydrogen-bond donors (Lipinski definition) is 0. The number of aldehydes is 1. The van der Waals surface area contributed by atoms with Crippen molar-refractivity contribution in [2.24, 2.45) is 17.3 Å². The Morgan fingerprint density at radius 2 is 2.42 bits per heavy atom. The van der Waals surface area contributed by atoms with Gasteiger partial charge in [0, 0.05) is 6.42 Å². The van der Waals surface area contributed by atoms with E-state index in [0.29, 0.717) is 6.42 Å². The van der Waals surface area contributed by atoms with Crippen LogP contribution < -0.4 is 0 Å². The monoisotopic (exact) mass is 164 g/mol. The van der Waals surface area contributed by atoms with Gasteiger partial charge in [-0.3, -0.25) is 0 Å². The summed E-state index contributed by atoms with van der Waals surface area (Å²) < 4.78 is 0. The van der Waals surface area contributed by atoms with Crippen LogP contribution in [0.2, 0.25) is 0 Å². The minimum atomic E-state index is 0.157. The maximum absolute atomic E-state index is 10.5. The van der Waals surface area contributed by atoms with Gasteiger partial charge in [0.05, 0.1) is 0 Å². The van der Waals surface area contributed by atoms with Gasteiger partial charge < -0.3 is 4.79 Å². The van der Waals surface area contributed by atoms with Gasteiger partial charge in [-0.25, -0.2) is 0 Å². The average molecular weight is 164 g/mol. The molecule has 2 saturated carbocycles. The molecule has 0 aromatic heterocycles. The van der Waals surface area contributed by atoms with Gasteiger partial charge >= 0.3 is 0 Å². The van der Waals surface area contributed by atoms with Crippen LogP contribution in [-0.4, -0.2) is 6.29 Å². The maximum Gasteiger partial charge on any atom is 0.120 e. The van der Waals surface area contributed by atoms with Gasteiger partial charge in [0.15, 0.2) is 0 Å². The van der Waals surface area contributed by atoms with E-state index in [1.54, 1.807) is 0 Å². The lowest BCUT2D eigenvalue weighted by atomic mass is 9.70. The Bertz CT molecular complexity index is 231. The second-order valence-corrected chi connectivity index (χ2v) is 4.52. The van der Waals surface area contributed by atoms with E-state index >= 15 is 0 Å². The summed E-state index contributed by atoms with van der Waals surface area (Å²) in [5, 5.41) is 0. The van der Waals surface area contributed by atoms with Crippen LogP contribution in [0.4, 0.5) is 0 Å². The minimum absolute atomic E-state index is 0.157. The summed E-state index contributed by atoms with van der Waals surface area (Å²) in [5.41, 5.74) is 1.51. The van der Waals surface area contributed by atoms with Crippen molar-refractivity contribution in [3.8, 4) is 0 Å². The van der Waals surface area contributed by atoms with E-state index in [2.05, 4.69) is 13.5 Å². The Balaban J connectivity index is 2.25. The zero-order valence-corrected chi connectivity index (χ0v) is 7.68. The van der Waals surface area contributed by atoms with Crippen molar-refractivity contribution in [1.29, 1.82) is 0 Å². The number of carbonyl (C=O) groups is 1. The lowest BCUT2D eigenvalue weighted by Crippen LogP contribution is -2.26. The number of allylic oxidation sites excluding steroid dienone is 1. The number of carbonyl (C=O) groups excluding carboxylic acids is 1. The SMILES string of the molecule is C=C1[C@H]2CC[C@H](C2)[C@@]1(C)CC=O. The molecule has 2 aliphatic rings. The molecular weight excluding hydrogens is 148 g/mol. The lowest BCUT2D eigenvalue weighted by Gasteiger charge is -2.34. The van der Waals surface area contributed by atoms with Gasteiger partial charge in [-0.05, 0) is 36.5 Å². The van der Waals surface area contributed by atoms with Crippen molar-refractivity contribution >= 4 is 6.29 Å². The molecule has 12 heavy (non-hydrogen) atoms. The molecule has 0 aromatic carbocycles. The third-order valence-electron chi connectivity index (χ3n) is 4.07. The van der Waals surface area contributed by atoms with E-state index < -0.39 is 0 Å². The molecule has 0 radical (unpaired) electrons. The highest BCUT2D eigenvalue weighted by Crippen LogP contribution is 2.59. The van der Waals surface area contributed by atoms with E-state index in [4.69, 9.17) is 0 Å². The zero-order valence-electron chi connectivity index (χ0n) is 7.68. The average Bonchev–Trinajstić information content (AvgIpc) is 2.57. The molecule has 2 aliphatic carbocycles. The van der Waals surface area contributed by atoms with Crippen LogP contribution in [0.1, 0.15) is 32.6 Å². The number of hydrogen-bond acceptors (Lipinski definition) is 1. The fourth-order valence-electron chi connectivity index (χ4n) is 3.08. The summed E-state index contributed by atoms with van der Waals surface area (Å²) in [6.45, 7) is 6.37. The van der Waals surface area contributed by atoms with E-state index in [1.807, 2.05) is 0 Å². The molecule has 0 aromatic rings. The summed E-state index contributed by atoms with van der Waals surface area (Å²) in [6, 6.07) is 0. The van der Waals surface area contributed by atoms with Gasteiger partial charge in [-0.1, -0.05) is 19.1 Å². The van der Waals surface area contributed by atoms with Crippen LogP contribution in [0.15, 0.2) is 12.2 Å². The van der Waals surface area contributed by atoms with Crippen molar-refractivity contribution in [3.05, 3.63) is 12.2 Å². The maximum atomic E-state index is 10.5. The van der Waals surface area contributed by atoms with Gasteiger partial charge in [0.25, 0.3) is 0 Å². The van der Waals surface area contributed by atoms with Crippen LogP contribution in [0, 0.1) is 17.3 Å². The first kappa shape index (κ1) is 8.03. The first-order valence-electron chi connectivity index (χ1n) is 4.81. The molecule has 1 heteroatoms. The Morgan fingerprint density at radius 3 is 2.92 bits per heavy atom. The quantitative estimate of drug-likeness (QED) is 0.453. The molecular formula is C11H16O. The van der Waals surface area contributed by atoms with Gasteiger partial charge in [0.2, 0.25) is 0 Å². The molecule has 66 valence electrons. The van der Waals surface area contributed by atoms with Crippen LogP contribution in [0.25, 0.3) is 0 Å². The van der Waals surface area contributed by atoms with E-state index in [-0.39, 0.29) is 5.41 Å². The Labute approximate surface area is 73.8 Å². The second-order valence-electron chi connectivity index (χ2n) is 4.52. The minimum Gasteiger partial charge on any atom is -0.303 e. The summed E-state index contributed by atoms with van der Waals surface area (Å²) >= 11 is 0. The van der Waals surface area contributed by atoms with E-state index in [1.165, 1.54) is 24.8 Å². The van der Waals surface area contributed by atoms with E-state index in [9.17, 15) is 4.79 Å². The highest BCUT2D eigenvalue weighted by molar-refractivity contribution is 5.53. The number of fused-ring (bicyclic) bond motifs is 2. The number of rotatable bonds is 2. The van der Waals surface area contributed by atoms with Crippen LogP contribution in [-0.2, 0) is 4.79 Å². The summed E-state index contributed by atoms with van der Waals surface area (Å²) in [7, 11) is 0. The van der Waals surface area contributed by atoms with Crippen molar-refractivity contribution < 1.29 is 4.79 Å². The molecule has 2 bridgehead atoms. The smallest absolute Gasteiger partial charge is 0.120 e. The molecule has 3 atom stereocenters. The normalized spacial score (nSPS) is 45.2. The summed E-state index contributed by atoms with van der Waals surface area (Å²) in [6.07, 6.45) is 5.67. The predicted molar refractivity (Wildman–Crippen MR) is 48.8 cm³/mol. The zero-order chi connectivity index (χ0) is 8.77. The van der Waals surface area contributed by atoms with Crippen molar-refractivity contribution in [2.75, 3.05) is 0 Å². The molecule has 0 amide bonds. The van der Waals surface area contributed by atoms with Crippen LogP contribution >= 0.6 is 0 Å². The highest BCUT2D eigenvalue weighted by Gasteiger charge is 2.50. The molecule has 2 fully saturated rings.